The zero-order chi connectivity index (χ0) is 10.3. The molecule has 0 aliphatic carbocycles. The fraction of sp³-hybridized carbons (Fsp3) is 0.250. The van der Waals surface area contributed by atoms with Crippen LogP contribution in [0.25, 0.3) is 5.52 Å². The molecule has 6 heteroatoms. The Morgan fingerprint density at radius 3 is 2.64 bits per heavy atom. The fourth-order valence-electron chi connectivity index (χ4n) is 1.19. The van der Waals surface area contributed by atoms with Crippen molar-refractivity contribution in [1.29, 1.82) is 0 Å². The molecule has 0 aliphatic heterocycles. The van der Waals surface area contributed by atoms with Crippen LogP contribution in [0.15, 0.2) is 18.5 Å². The quantitative estimate of drug-likeness (QED) is 0.653. The average Bonchev–Trinajstić information content (AvgIpc) is 2.48. The molecule has 0 aliphatic rings. The molecule has 3 nitrogen and oxygen atoms in total. The van der Waals surface area contributed by atoms with Gasteiger partial charge in [-0.15, -0.1) is 0 Å². The molecule has 0 unspecified atom stereocenters. The third kappa shape index (κ3) is 1.32. The van der Waals surface area contributed by atoms with Crippen molar-refractivity contribution < 1.29 is 13.2 Å². The molecule has 0 amide bonds. The molecule has 0 N–H and O–H groups in total. The molecular weight excluding hydrogens is 195 g/mol. The first-order valence-corrected chi connectivity index (χ1v) is 3.86. The smallest absolute Gasteiger partial charge is 0.258 e. The summed E-state index contributed by atoms with van der Waals surface area (Å²) in [6.07, 6.45) is -1.61. The van der Waals surface area contributed by atoms with Gasteiger partial charge in [0.2, 0.25) is 0 Å². The van der Waals surface area contributed by atoms with Gasteiger partial charge >= 0.3 is 6.18 Å². The van der Waals surface area contributed by atoms with Crippen molar-refractivity contribution in [3.05, 3.63) is 29.8 Å². The number of rotatable bonds is 0. The van der Waals surface area contributed by atoms with E-state index in [1.807, 2.05) is 0 Å². The number of alkyl halides is 3. The van der Waals surface area contributed by atoms with Crippen molar-refractivity contribution in [1.82, 2.24) is 14.6 Å². The monoisotopic (exact) mass is 201 g/mol. The van der Waals surface area contributed by atoms with E-state index in [0.29, 0.717) is 11.2 Å². The lowest BCUT2D eigenvalue weighted by atomic mass is 10.3. The minimum Gasteiger partial charge on any atom is -0.258 e. The Balaban J connectivity index is 2.69. The number of hydrogen-bond donors (Lipinski definition) is 0. The van der Waals surface area contributed by atoms with Gasteiger partial charge in [-0.05, 0) is 13.0 Å². The molecule has 0 aromatic carbocycles. The molecule has 0 radical (unpaired) electrons. The Hall–Kier alpha value is -1.59. The molecule has 0 bridgehead atoms. The third-order valence-electron chi connectivity index (χ3n) is 1.87. The second-order valence-corrected chi connectivity index (χ2v) is 2.87. The van der Waals surface area contributed by atoms with Crippen LogP contribution in [0, 0.1) is 6.92 Å². The van der Waals surface area contributed by atoms with E-state index in [9.17, 15) is 13.2 Å². The lowest BCUT2D eigenvalue weighted by Gasteiger charge is -1.98. The Morgan fingerprint density at radius 2 is 2.07 bits per heavy atom. The molecular formula is C8H6F3N3. The molecule has 0 saturated carbocycles. The third-order valence-corrected chi connectivity index (χ3v) is 1.87. The minimum absolute atomic E-state index is 0.375. The average molecular weight is 201 g/mol. The SMILES string of the molecule is Cc1nccn2nc(C(F)(F)F)cc12. The van der Waals surface area contributed by atoms with Crippen LogP contribution in [0.2, 0.25) is 0 Å². The van der Waals surface area contributed by atoms with Gasteiger partial charge in [0.15, 0.2) is 5.69 Å². The summed E-state index contributed by atoms with van der Waals surface area (Å²) in [5, 5.41) is 3.40. The fourth-order valence-corrected chi connectivity index (χ4v) is 1.19. The summed E-state index contributed by atoms with van der Waals surface area (Å²) < 4.78 is 38.0. The van der Waals surface area contributed by atoms with E-state index in [1.165, 1.54) is 16.9 Å². The number of nitrogens with zero attached hydrogens (tertiary/aromatic N) is 3. The standard InChI is InChI=1S/C8H6F3N3/c1-5-6-4-7(8(9,10)11)13-14(6)3-2-12-5/h2-4H,1H3. The molecule has 2 aromatic heterocycles. The van der Waals surface area contributed by atoms with Crippen molar-refractivity contribution in [2.75, 3.05) is 0 Å². The summed E-state index contributed by atoms with van der Waals surface area (Å²) in [4.78, 5) is 3.87. The molecule has 0 fully saturated rings. The van der Waals surface area contributed by atoms with Gasteiger partial charge in [0.1, 0.15) is 0 Å². The van der Waals surface area contributed by atoms with E-state index in [2.05, 4.69) is 10.1 Å². The van der Waals surface area contributed by atoms with Gasteiger partial charge in [-0.1, -0.05) is 0 Å². The number of aryl methyl sites for hydroxylation is 1. The van der Waals surface area contributed by atoms with Gasteiger partial charge in [-0.25, -0.2) is 4.52 Å². The lowest BCUT2D eigenvalue weighted by Crippen LogP contribution is -2.05. The van der Waals surface area contributed by atoms with Crippen LogP contribution in [0.3, 0.4) is 0 Å². The Kier molecular flexibility index (Phi) is 1.73. The van der Waals surface area contributed by atoms with Crippen LogP contribution in [0.1, 0.15) is 11.4 Å². The first kappa shape index (κ1) is 8.98. The first-order valence-electron chi connectivity index (χ1n) is 3.86. The van der Waals surface area contributed by atoms with Crippen LogP contribution in [0.5, 0.6) is 0 Å². The summed E-state index contributed by atoms with van der Waals surface area (Å²) in [6, 6.07) is 0.988. The van der Waals surface area contributed by atoms with Crippen molar-refractivity contribution in [2.45, 2.75) is 13.1 Å². The largest absolute Gasteiger partial charge is 0.435 e. The van der Waals surface area contributed by atoms with E-state index in [4.69, 9.17) is 0 Å². The van der Waals surface area contributed by atoms with Gasteiger partial charge in [0.25, 0.3) is 0 Å². The van der Waals surface area contributed by atoms with Crippen LogP contribution < -0.4 is 0 Å². The van der Waals surface area contributed by atoms with E-state index < -0.39 is 11.9 Å². The number of hydrogen-bond acceptors (Lipinski definition) is 2. The van der Waals surface area contributed by atoms with Crippen molar-refractivity contribution >= 4 is 5.52 Å². The van der Waals surface area contributed by atoms with Gasteiger partial charge < -0.3 is 0 Å². The maximum atomic E-state index is 12.3. The summed E-state index contributed by atoms with van der Waals surface area (Å²) in [5.41, 5.74) is 0.00363. The highest BCUT2D eigenvalue weighted by atomic mass is 19.4. The summed E-state index contributed by atoms with van der Waals surface area (Å²) in [7, 11) is 0. The minimum atomic E-state index is -4.40. The Labute approximate surface area is 77.2 Å². The van der Waals surface area contributed by atoms with Gasteiger partial charge in [0.05, 0.1) is 11.2 Å². The van der Waals surface area contributed by atoms with E-state index in [1.54, 1.807) is 6.92 Å². The number of aromatic nitrogens is 3. The second kappa shape index (κ2) is 2.70. The maximum Gasteiger partial charge on any atom is 0.435 e. The molecule has 0 saturated heterocycles. The van der Waals surface area contributed by atoms with Crippen molar-refractivity contribution in [3.63, 3.8) is 0 Å². The van der Waals surface area contributed by atoms with E-state index >= 15 is 0 Å². The van der Waals surface area contributed by atoms with E-state index in [0.717, 1.165) is 6.07 Å². The molecule has 0 atom stereocenters. The van der Waals surface area contributed by atoms with Crippen LogP contribution >= 0.6 is 0 Å². The van der Waals surface area contributed by atoms with Gasteiger partial charge in [-0.2, -0.15) is 18.3 Å². The predicted octanol–water partition coefficient (Wildman–Crippen LogP) is 2.06. The van der Waals surface area contributed by atoms with Gasteiger partial charge in [0, 0.05) is 12.4 Å². The van der Waals surface area contributed by atoms with Crippen molar-refractivity contribution in [3.8, 4) is 0 Å². The van der Waals surface area contributed by atoms with E-state index in [-0.39, 0.29) is 0 Å². The normalized spacial score (nSPS) is 12.3. The predicted molar refractivity (Wildman–Crippen MR) is 42.7 cm³/mol. The molecule has 74 valence electrons. The summed E-state index contributed by atoms with van der Waals surface area (Å²) >= 11 is 0. The number of halogens is 3. The summed E-state index contributed by atoms with van der Waals surface area (Å²) in [6.45, 7) is 1.64. The zero-order valence-electron chi connectivity index (χ0n) is 7.21. The highest BCUT2D eigenvalue weighted by Crippen LogP contribution is 2.28. The molecule has 2 aromatic rings. The number of fused-ring (bicyclic) bond motifs is 1. The van der Waals surface area contributed by atoms with Gasteiger partial charge in [-0.3, -0.25) is 4.98 Å². The molecule has 0 spiro atoms. The first-order chi connectivity index (χ1) is 6.48. The Bertz CT molecular complexity index is 472. The summed E-state index contributed by atoms with van der Waals surface area (Å²) in [5.74, 6) is 0. The molecule has 14 heavy (non-hydrogen) atoms. The van der Waals surface area contributed by atoms with Crippen LogP contribution in [-0.2, 0) is 6.18 Å². The van der Waals surface area contributed by atoms with Crippen LogP contribution in [0.4, 0.5) is 13.2 Å². The molecule has 2 rings (SSSR count). The highest BCUT2D eigenvalue weighted by Gasteiger charge is 2.34. The molecule has 2 heterocycles. The van der Waals surface area contributed by atoms with Crippen molar-refractivity contribution in [2.24, 2.45) is 0 Å². The maximum absolute atomic E-state index is 12.3. The highest BCUT2D eigenvalue weighted by molar-refractivity contribution is 5.51. The lowest BCUT2D eigenvalue weighted by molar-refractivity contribution is -0.141. The second-order valence-electron chi connectivity index (χ2n) is 2.87. The topological polar surface area (TPSA) is 30.2 Å². The van der Waals surface area contributed by atoms with Crippen LogP contribution in [-0.4, -0.2) is 14.6 Å². The zero-order valence-corrected chi connectivity index (χ0v) is 7.21. The Morgan fingerprint density at radius 1 is 1.36 bits per heavy atom.